The molecule has 7 heteroatoms. The molecule has 0 aromatic heterocycles. The lowest BCUT2D eigenvalue weighted by Crippen LogP contribution is -2.18. The monoisotopic (exact) mass is 290 g/mol. The molecule has 0 spiro atoms. The van der Waals surface area contributed by atoms with Crippen molar-refractivity contribution in [3.05, 3.63) is 28.2 Å². The first-order chi connectivity index (χ1) is 6.81. The van der Waals surface area contributed by atoms with Gasteiger partial charge in [-0.1, -0.05) is 22.0 Å². The van der Waals surface area contributed by atoms with Crippen LogP contribution in [0.1, 0.15) is 12.0 Å². The fourth-order valence-corrected chi connectivity index (χ4v) is 1.46. The fourth-order valence-electron chi connectivity index (χ4n) is 0.943. The van der Waals surface area contributed by atoms with Gasteiger partial charge in [0.1, 0.15) is 5.75 Å². The first kappa shape index (κ1) is 12.2. The lowest BCUT2D eigenvalue weighted by Gasteiger charge is -2.13. The molecule has 84 valence electrons. The predicted molar refractivity (Wildman–Crippen MR) is 45.8 cm³/mol. The van der Waals surface area contributed by atoms with Crippen molar-refractivity contribution in [1.29, 1.82) is 0 Å². The number of halogens is 6. The molecular formula is C8H4BrF5O. The van der Waals surface area contributed by atoms with E-state index >= 15 is 0 Å². The summed E-state index contributed by atoms with van der Waals surface area (Å²) in [7, 11) is 0. The number of hydrogen-bond donors (Lipinski definition) is 0. The Morgan fingerprint density at radius 2 is 1.80 bits per heavy atom. The van der Waals surface area contributed by atoms with Gasteiger partial charge in [-0.25, -0.2) is 8.78 Å². The molecule has 0 unspecified atom stereocenters. The summed E-state index contributed by atoms with van der Waals surface area (Å²) in [6.45, 7) is 0. The third-order valence-corrected chi connectivity index (χ3v) is 2.15. The molecule has 0 saturated carbocycles. The molecule has 0 atom stereocenters. The van der Waals surface area contributed by atoms with Gasteiger partial charge in [0.15, 0.2) is 0 Å². The van der Waals surface area contributed by atoms with Crippen LogP contribution >= 0.6 is 15.9 Å². The van der Waals surface area contributed by atoms with Crippen LogP contribution in [0.25, 0.3) is 0 Å². The SMILES string of the molecule is FC(F)c1c(Br)cccc1OC(F)(F)F. The van der Waals surface area contributed by atoms with E-state index in [-0.39, 0.29) is 4.47 Å². The van der Waals surface area contributed by atoms with E-state index < -0.39 is 24.1 Å². The summed E-state index contributed by atoms with van der Waals surface area (Å²) < 4.78 is 63.6. The van der Waals surface area contributed by atoms with Gasteiger partial charge >= 0.3 is 6.36 Å². The predicted octanol–water partition coefficient (Wildman–Crippen LogP) is 4.29. The molecule has 1 rings (SSSR count). The number of alkyl halides is 5. The van der Waals surface area contributed by atoms with Crippen LogP contribution in [-0.4, -0.2) is 6.36 Å². The highest BCUT2D eigenvalue weighted by Crippen LogP contribution is 2.37. The molecule has 0 fully saturated rings. The quantitative estimate of drug-likeness (QED) is 0.739. The first-order valence-electron chi connectivity index (χ1n) is 3.63. The Kier molecular flexibility index (Phi) is 3.54. The summed E-state index contributed by atoms with van der Waals surface area (Å²) in [4.78, 5) is 0. The molecule has 0 aliphatic heterocycles. The zero-order valence-corrected chi connectivity index (χ0v) is 8.57. The van der Waals surface area contributed by atoms with Crippen molar-refractivity contribution in [3.63, 3.8) is 0 Å². The Morgan fingerprint density at radius 1 is 1.20 bits per heavy atom. The van der Waals surface area contributed by atoms with Gasteiger partial charge in [0, 0.05) is 4.47 Å². The third kappa shape index (κ3) is 3.33. The van der Waals surface area contributed by atoms with Gasteiger partial charge in [-0.2, -0.15) is 0 Å². The van der Waals surface area contributed by atoms with E-state index in [1.54, 1.807) is 0 Å². The van der Waals surface area contributed by atoms with Crippen LogP contribution < -0.4 is 4.74 Å². The Bertz CT molecular complexity index is 349. The van der Waals surface area contributed by atoms with Crippen molar-refractivity contribution in [2.24, 2.45) is 0 Å². The number of hydrogen-bond acceptors (Lipinski definition) is 1. The van der Waals surface area contributed by atoms with E-state index in [9.17, 15) is 22.0 Å². The van der Waals surface area contributed by atoms with Gasteiger partial charge in [-0.05, 0) is 12.1 Å². The largest absolute Gasteiger partial charge is 0.573 e. The Labute approximate surface area is 90.0 Å². The molecule has 0 amide bonds. The lowest BCUT2D eigenvalue weighted by atomic mass is 10.2. The van der Waals surface area contributed by atoms with Crippen molar-refractivity contribution >= 4 is 15.9 Å². The molecule has 0 N–H and O–H groups in total. The van der Waals surface area contributed by atoms with Crippen molar-refractivity contribution in [3.8, 4) is 5.75 Å². The number of benzene rings is 1. The van der Waals surface area contributed by atoms with Crippen LogP contribution in [0, 0.1) is 0 Å². The number of ether oxygens (including phenoxy) is 1. The highest BCUT2D eigenvalue weighted by molar-refractivity contribution is 9.10. The molecule has 0 aliphatic rings. The van der Waals surface area contributed by atoms with Crippen LogP contribution in [0.3, 0.4) is 0 Å². The van der Waals surface area contributed by atoms with Gasteiger partial charge in [0.25, 0.3) is 6.43 Å². The molecule has 0 aliphatic carbocycles. The Balaban J connectivity index is 3.12. The lowest BCUT2D eigenvalue weighted by molar-refractivity contribution is -0.275. The smallest absolute Gasteiger partial charge is 0.405 e. The minimum Gasteiger partial charge on any atom is -0.405 e. The minimum atomic E-state index is -4.98. The van der Waals surface area contributed by atoms with Crippen molar-refractivity contribution in [2.75, 3.05) is 0 Å². The van der Waals surface area contributed by atoms with E-state index in [1.165, 1.54) is 12.1 Å². The van der Waals surface area contributed by atoms with E-state index in [0.717, 1.165) is 6.07 Å². The van der Waals surface area contributed by atoms with Crippen LogP contribution in [0.4, 0.5) is 22.0 Å². The van der Waals surface area contributed by atoms with Crippen LogP contribution in [-0.2, 0) is 0 Å². The first-order valence-corrected chi connectivity index (χ1v) is 4.43. The average molecular weight is 291 g/mol. The van der Waals surface area contributed by atoms with Gasteiger partial charge in [0.2, 0.25) is 0 Å². The molecule has 0 bridgehead atoms. The summed E-state index contributed by atoms with van der Waals surface area (Å²) in [5.74, 6) is -0.896. The maximum Gasteiger partial charge on any atom is 0.573 e. The van der Waals surface area contributed by atoms with E-state index in [2.05, 4.69) is 20.7 Å². The maximum atomic E-state index is 12.4. The van der Waals surface area contributed by atoms with E-state index in [1.807, 2.05) is 0 Å². The van der Waals surface area contributed by atoms with Crippen molar-refractivity contribution < 1.29 is 26.7 Å². The van der Waals surface area contributed by atoms with Gasteiger partial charge in [-0.15, -0.1) is 13.2 Å². The molecule has 15 heavy (non-hydrogen) atoms. The fraction of sp³-hybridized carbons (Fsp3) is 0.250. The second kappa shape index (κ2) is 4.34. The van der Waals surface area contributed by atoms with Crippen LogP contribution in [0.5, 0.6) is 5.75 Å². The molecule has 1 aromatic carbocycles. The van der Waals surface area contributed by atoms with Gasteiger partial charge in [-0.3, -0.25) is 0 Å². The number of rotatable bonds is 2. The van der Waals surface area contributed by atoms with Crippen molar-refractivity contribution in [1.82, 2.24) is 0 Å². The second-order valence-electron chi connectivity index (χ2n) is 2.50. The van der Waals surface area contributed by atoms with Gasteiger partial charge < -0.3 is 4.74 Å². The summed E-state index contributed by atoms with van der Waals surface area (Å²) in [5.41, 5.74) is -0.810. The molecule has 0 saturated heterocycles. The third-order valence-electron chi connectivity index (χ3n) is 1.46. The minimum absolute atomic E-state index is 0.126. The maximum absolute atomic E-state index is 12.4. The van der Waals surface area contributed by atoms with Gasteiger partial charge in [0.05, 0.1) is 5.56 Å². The van der Waals surface area contributed by atoms with E-state index in [0.29, 0.717) is 0 Å². The van der Waals surface area contributed by atoms with Crippen LogP contribution in [0.15, 0.2) is 22.7 Å². The Hall–Kier alpha value is -0.850. The molecule has 0 heterocycles. The van der Waals surface area contributed by atoms with Crippen molar-refractivity contribution in [2.45, 2.75) is 12.8 Å². The highest BCUT2D eigenvalue weighted by atomic mass is 79.9. The Morgan fingerprint density at radius 3 is 2.27 bits per heavy atom. The molecule has 1 nitrogen and oxygen atoms in total. The van der Waals surface area contributed by atoms with E-state index in [4.69, 9.17) is 0 Å². The molecule has 0 radical (unpaired) electrons. The van der Waals surface area contributed by atoms with Crippen LogP contribution in [0.2, 0.25) is 0 Å². The topological polar surface area (TPSA) is 9.23 Å². The zero-order chi connectivity index (χ0) is 11.6. The zero-order valence-electron chi connectivity index (χ0n) is 6.99. The second-order valence-corrected chi connectivity index (χ2v) is 3.35. The summed E-state index contributed by atoms with van der Waals surface area (Å²) >= 11 is 2.73. The summed E-state index contributed by atoms with van der Waals surface area (Å²) in [6.07, 6.45) is -8.03. The average Bonchev–Trinajstić information content (AvgIpc) is 1.99. The molecule has 1 aromatic rings. The standard InChI is InChI=1S/C8H4BrF5O/c9-4-2-1-3-5(6(4)7(10)11)15-8(12,13)14/h1-3,7H. The highest BCUT2D eigenvalue weighted by Gasteiger charge is 2.33. The summed E-state index contributed by atoms with van der Waals surface area (Å²) in [5, 5.41) is 0. The molecular weight excluding hydrogens is 287 g/mol. The summed E-state index contributed by atoms with van der Waals surface area (Å²) in [6, 6.07) is 3.22. The normalized spacial score (nSPS) is 11.9.